The molecule has 1 aliphatic rings. The maximum Gasteiger partial charge on any atom is 0.295 e. The molecule has 198 valence electrons. The van der Waals surface area contributed by atoms with Crippen LogP contribution in [-0.4, -0.2) is 53.3 Å². The molecule has 0 heterocycles. The van der Waals surface area contributed by atoms with Gasteiger partial charge in [-0.2, -0.15) is 16.8 Å². The normalized spacial score (nSPS) is 15.4. The van der Waals surface area contributed by atoms with Gasteiger partial charge >= 0.3 is 0 Å². The van der Waals surface area contributed by atoms with Crippen LogP contribution in [0.2, 0.25) is 0 Å². The Morgan fingerprint density at radius 1 is 0.750 bits per heavy atom. The maximum absolute atomic E-state index is 12.1. The summed E-state index contributed by atoms with van der Waals surface area (Å²) in [7, 11) is -17.2. The van der Waals surface area contributed by atoms with Crippen LogP contribution >= 0.6 is 0 Å². The predicted molar refractivity (Wildman–Crippen MR) is 135 cm³/mol. The first-order valence-corrected chi connectivity index (χ1v) is 16.3. The van der Waals surface area contributed by atoms with E-state index < -0.39 is 60.6 Å². The van der Waals surface area contributed by atoms with Crippen molar-refractivity contribution in [3.05, 3.63) is 47.5 Å². The van der Waals surface area contributed by atoms with Crippen LogP contribution in [0, 0.1) is 0 Å². The number of hydrogen-bond donors (Lipinski definition) is 4. The van der Waals surface area contributed by atoms with Crippen molar-refractivity contribution in [1.29, 1.82) is 0 Å². The van der Waals surface area contributed by atoms with Crippen LogP contribution in [-0.2, 0) is 40.3 Å². The van der Waals surface area contributed by atoms with Gasteiger partial charge in [0.2, 0.25) is 20.0 Å². The predicted octanol–water partition coefficient (Wildman–Crippen LogP) is 2.40. The van der Waals surface area contributed by atoms with Gasteiger partial charge in [0, 0.05) is 11.4 Å². The molecule has 1 aliphatic carbocycles. The maximum atomic E-state index is 12.1. The third kappa shape index (κ3) is 6.83. The van der Waals surface area contributed by atoms with E-state index in [1.807, 2.05) is 0 Å². The van der Waals surface area contributed by atoms with Crippen LogP contribution in [0.3, 0.4) is 0 Å². The first kappa shape index (κ1) is 28.1. The molecule has 2 aromatic rings. The summed E-state index contributed by atoms with van der Waals surface area (Å²) in [6.07, 6.45) is 3.22. The highest BCUT2D eigenvalue weighted by molar-refractivity contribution is 7.93. The van der Waals surface area contributed by atoms with Crippen molar-refractivity contribution in [3.8, 4) is 0 Å². The van der Waals surface area contributed by atoms with E-state index in [4.69, 9.17) is 0 Å². The minimum atomic E-state index is -4.83. The Kier molecular flexibility index (Phi) is 7.61. The molecular weight excluding hydrogens is 556 g/mol. The number of nitrogens with one attached hydrogen (secondary N) is 2. The molecule has 0 atom stereocenters. The number of rotatable bonds is 10. The van der Waals surface area contributed by atoms with Crippen LogP contribution in [0.15, 0.2) is 46.2 Å². The molecule has 2 aromatic carbocycles. The van der Waals surface area contributed by atoms with Gasteiger partial charge < -0.3 is 0 Å². The summed E-state index contributed by atoms with van der Waals surface area (Å²) < 4.78 is 120. The summed E-state index contributed by atoms with van der Waals surface area (Å²) in [6.45, 7) is 2.83. The Morgan fingerprint density at radius 2 is 1.17 bits per heavy atom. The first-order valence-electron chi connectivity index (χ1n) is 10.3. The van der Waals surface area contributed by atoms with Crippen LogP contribution < -0.4 is 9.44 Å². The van der Waals surface area contributed by atoms with Gasteiger partial charge in [-0.05, 0) is 62.1 Å². The molecule has 0 bridgehead atoms. The Morgan fingerprint density at radius 3 is 1.53 bits per heavy atom. The van der Waals surface area contributed by atoms with Crippen LogP contribution in [0.5, 0.6) is 0 Å². The second-order valence-electron chi connectivity index (χ2n) is 8.33. The first-order chi connectivity index (χ1) is 16.4. The molecule has 0 unspecified atom stereocenters. The fourth-order valence-corrected chi connectivity index (χ4v) is 6.50. The summed E-state index contributed by atoms with van der Waals surface area (Å²) in [6, 6.07) is 6.71. The molecule has 1 saturated carbocycles. The van der Waals surface area contributed by atoms with E-state index >= 15 is 0 Å². The number of hydrogen-bond acceptors (Lipinski definition) is 8. The van der Waals surface area contributed by atoms with Crippen molar-refractivity contribution in [2.45, 2.75) is 47.0 Å². The van der Waals surface area contributed by atoms with Gasteiger partial charge in [0.05, 0.1) is 10.5 Å². The highest BCUT2D eigenvalue weighted by atomic mass is 32.2. The summed E-state index contributed by atoms with van der Waals surface area (Å²) in [5.41, 5.74) is -0.450. The van der Waals surface area contributed by atoms with Crippen molar-refractivity contribution in [2.75, 3.05) is 9.44 Å². The van der Waals surface area contributed by atoms with E-state index in [1.165, 1.54) is 38.1 Å². The van der Waals surface area contributed by atoms with E-state index in [-0.39, 0.29) is 22.5 Å². The third-order valence-electron chi connectivity index (χ3n) is 5.13. The zero-order valence-electron chi connectivity index (χ0n) is 19.0. The van der Waals surface area contributed by atoms with Crippen molar-refractivity contribution < 1.29 is 42.8 Å². The van der Waals surface area contributed by atoms with E-state index in [2.05, 4.69) is 9.44 Å². The molecular formula is C20H24N2O10S4. The second-order valence-corrected chi connectivity index (χ2v) is 15.3. The Labute approximate surface area is 210 Å². The fourth-order valence-electron chi connectivity index (χ4n) is 3.01. The van der Waals surface area contributed by atoms with Crippen LogP contribution in [0.25, 0.3) is 12.2 Å². The van der Waals surface area contributed by atoms with E-state index in [1.54, 1.807) is 0 Å². The van der Waals surface area contributed by atoms with Crippen molar-refractivity contribution in [1.82, 2.24) is 0 Å². The molecule has 4 N–H and O–H groups in total. The van der Waals surface area contributed by atoms with Gasteiger partial charge in [-0.3, -0.25) is 18.5 Å². The van der Waals surface area contributed by atoms with Crippen LogP contribution in [0.4, 0.5) is 11.4 Å². The van der Waals surface area contributed by atoms with Gasteiger partial charge in [0.1, 0.15) is 9.79 Å². The third-order valence-corrected chi connectivity index (χ3v) is 10.6. The highest BCUT2D eigenvalue weighted by Crippen LogP contribution is 2.31. The molecule has 0 spiro atoms. The average molecular weight is 581 g/mol. The molecule has 16 heteroatoms. The zero-order chi connectivity index (χ0) is 27.1. The smallest absolute Gasteiger partial charge is 0.283 e. The Balaban J connectivity index is 2.02. The van der Waals surface area contributed by atoms with Gasteiger partial charge in [0.25, 0.3) is 20.2 Å². The minimum Gasteiger partial charge on any atom is -0.283 e. The summed E-state index contributed by atoms with van der Waals surface area (Å²) in [5.74, 6) is 0. The summed E-state index contributed by atoms with van der Waals surface area (Å²) in [4.78, 5) is -1.31. The molecule has 1 fully saturated rings. The fraction of sp³-hybridized carbons (Fsp3) is 0.300. The lowest BCUT2D eigenvalue weighted by atomic mass is 10.1. The lowest BCUT2D eigenvalue weighted by Crippen LogP contribution is -2.22. The zero-order valence-corrected chi connectivity index (χ0v) is 22.2. The molecule has 0 aromatic heterocycles. The quantitative estimate of drug-likeness (QED) is 0.239. The summed E-state index contributed by atoms with van der Waals surface area (Å²) >= 11 is 0. The monoisotopic (exact) mass is 580 g/mol. The molecule has 0 amide bonds. The van der Waals surface area contributed by atoms with E-state index in [0.717, 1.165) is 24.3 Å². The number of sulfonamides is 2. The lowest BCUT2D eigenvalue weighted by Gasteiger charge is -2.13. The lowest BCUT2D eigenvalue weighted by molar-refractivity contribution is 0.480. The highest BCUT2D eigenvalue weighted by Gasteiger charge is 2.36. The van der Waals surface area contributed by atoms with Crippen molar-refractivity contribution in [2.24, 2.45) is 0 Å². The molecule has 36 heavy (non-hydrogen) atoms. The molecule has 3 rings (SSSR count). The Bertz CT molecular complexity index is 1520. The largest absolute Gasteiger partial charge is 0.295 e. The summed E-state index contributed by atoms with van der Waals surface area (Å²) in [5, 5.41) is -1.39. The van der Waals surface area contributed by atoms with Crippen LogP contribution in [0.1, 0.15) is 37.8 Å². The van der Waals surface area contributed by atoms with Gasteiger partial charge in [-0.1, -0.05) is 24.3 Å². The van der Waals surface area contributed by atoms with Gasteiger partial charge in [-0.25, -0.2) is 16.8 Å². The average Bonchev–Trinajstić information content (AvgIpc) is 3.57. The topological polar surface area (TPSA) is 201 Å². The molecule has 0 radical (unpaired) electrons. The number of benzene rings is 2. The molecule has 0 aliphatic heterocycles. The van der Waals surface area contributed by atoms with Gasteiger partial charge in [0.15, 0.2) is 0 Å². The van der Waals surface area contributed by atoms with Gasteiger partial charge in [-0.15, -0.1) is 0 Å². The van der Waals surface area contributed by atoms with Crippen molar-refractivity contribution >= 4 is 63.8 Å². The van der Waals surface area contributed by atoms with E-state index in [0.29, 0.717) is 12.8 Å². The standard InChI is InChI=1S/C20H24N2O10S4/c1-13(2)33(23,24)21-16-7-5-14(19(11-16)35(27,28)29)3-4-15-6-8-17(12-20(15)36(30,31)32)22-34(25,26)18-9-10-18/h3-8,11-13,18,21-22H,9-10H2,1-2H3,(H,27,28,29)(H,30,31,32). The minimum absolute atomic E-state index is 0.0907. The second kappa shape index (κ2) is 9.75. The van der Waals surface area contributed by atoms with E-state index in [9.17, 15) is 42.8 Å². The molecule has 0 saturated heterocycles. The SMILES string of the molecule is CC(C)S(=O)(=O)Nc1ccc(C=Cc2ccc(NS(=O)(=O)C3CC3)cc2S(=O)(=O)O)c(S(=O)(=O)O)c1. The molecule has 12 nitrogen and oxygen atoms in total. The number of anilines is 2. The van der Waals surface area contributed by atoms with Crippen molar-refractivity contribution in [3.63, 3.8) is 0 Å². The Hall–Kier alpha value is -2.50.